The quantitative estimate of drug-likeness (QED) is 0.414. The lowest BCUT2D eigenvalue weighted by Gasteiger charge is -2.35. The second-order valence-corrected chi connectivity index (χ2v) is 9.73. The van der Waals surface area contributed by atoms with E-state index in [9.17, 15) is 14.9 Å². The standard InChI is InChI=1S/C24H29BrN4O5/c1-15-12-28(13-16(2)34-15)24(30)19-8-18(25)9-21(29(31)32)23(19)27-20-10-26-11-22(20)33-14-17-6-4-3-5-7-17/h3-9,15-16,20,22,26-27H,10-14H2,1-2H3/t15-,16+,20-,22-/m0/s1. The van der Waals surface area contributed by atoms with Crippen LogP contribution in [0.15, 0.2) is 46.9 Å². The van der Waals surface area contributed by atoms with Crippen LogP contribution < -0.4 is 10.6 Å². The maximum atomic E-state index is 13.5. The molecule has 10 heteroatoms. The number of hydrogen-bond acceptors (Lipinski definition) is 7. The zero-order valence-corrected chi connectivity index (χ0v) is 20.8. The highest BCUT2D eigenvalue weighted by molar-refractivity contribution is 9.10. The van der Waals surface area contributed by atoms with Crippen LogP contribution in [0.25, 0.3) is 0 Å². The highest BCUT2D eigenvalue weighted by Crippen LogP contribution is 2.35. The fourth-order valence-electron chi connectivity index (χ4n) is 4.51. The summed E-state index contributed by atoms with van der Waals surface area (Å²) in [7, 11) is 0. The molecule has 182 valence electrons. The summed E-state index contributed by atoms with van der Waals surface area (Å²) in [5.41, 5.74) is 1.37. The van der Waals surface area contributed by atoms with E-state index in [4.69, 9.17) is 9.47 Å². The van der Waals surface area contributed by atoms with E-state index < -0.39 is 4.92 Å². The Kier molecular flexibility index (Phi) is 7.82. The molecule has 0 aliphatic carbocycles. The van der Waals surface area contributed by atoms with E-state index in [0.29, 0.717) is 37.3 Å². The van der Waals surface area contributed by atoms with Gasteiger partial charge in [-0.1, -0.05) is 46.3 Å². The van der Waals surface area contributed by atoms with Crippen molar-refractivity contribution >= 4 is 33.2 Å². The van der Waals surface area contributed by atoms with Gasteiger partial charge in [-0.25, -0.2) is 0 Å². The molecule has 2 aliphatic rings. The number of nitro benzene ring substituents is 1. The van der Waals surface area contributed by atoms with Crippen LogP contribution in [0.2, 0.25) is 0 Å². The molecule has 2 aromatic carbocycles. The van der Waals surface area contributed by atoms with Crippen molar-refractivity contribution in [2.75, 3.05) is 31.5 Å². The summed E-state index contributed by atoms with van der Waals surface area (Å²) in [4.78, 5) is 26.7. The number of anilines is 1. The fraction of sp³-hybridized carbons (Fsp3) is 0.458. The molecule has 2 heterocycles. The van der Waals surface area contributed by atoms with E-state index in [1.807, 2.05) is 44.2 Å². The van der Waals surface area contributed by atoms with Crippen molar-refractivity contribution in [2.24, 2.45) is 0 Å². The number of hydrogen-bond donors (Lipinski definition) is 2. The van der Waals surface area contributed by atoms with Gasteiger partial charge in [-0.05, 0) is 25.5 Å². The lowest BCUT2D eigenvalue weighted by molar-refractivity contribution is -0.384. The van der Waals surface area contributed by atoms with Gasteiger partial charge in [-0.15, -0.1) is 0 Å². The Labute approximate surface area is 207 Å². The molecule has 0 unspecified atom stereocenters. The van der Waals surface area contributed by atoms with Crippen LogP contribution in [-0.4, -0.2) is 66.3 Å². The summed E-state index contributed by atoms with van der Waals surface area (Å²) in [5.74, 6) is -0.262. The van der Waals surface area contributed by atoms with Crippen molar-refractivity contribution in [3.8, 4) is 0 Å². The molecule has 9 nitrogen and oxygen atoms in total. The second kappa shape index (κ2) is 10.8. The molecular weight excluding hydrogens is 504 g/mol. The normalized spacial score (nSPS) is 24.7. The van der Waals surface area contributed by atoms with E-state index >= 15 is 0 Å². The first kappa shape index (κ1) is 24.6. The van der Waals surface area contributed by atoms with Crippen molar-refractivity contribution in [1.29, 1.82) is 0 Å². The molecule has 1 amide bonds. The largest absolute Gasteiger partial charge is 0.372 e. The van der Waals surface area contributed by atoms with Crippen LogP contribution in [0.5, 0.6) is 0 Å². The van der Waals surface area contributed by atoms with Crippen LogP contribution in [0.3, 0.4) is 0 Å². The summed E-state index contributed by atoms with van der Waals surface area (Å²) >= 11 is 3.34. The number of nitro groups is 1. The third-order valence-corrected chi connectivity index (χ3v) is 6.47. The van der Waals surface area contributed by atoms with Gasteiger partial charge in [-0.2, -0.15) is 0 Å². The van der Waals surface area contributed by atoms with Crippen LogP contribution in [-0.2, 0) is 16.1 Å². The molecule has 2 fully saturated rings. The Balaban J connectivity index is 1.59. The monoisotopic (exact) mass is 532 g/mol. The van der Waals surface area contributed by atoms with Gasteiger partial charge in [0, 0.05) is 36.7 Å². The molecule has 0 bridgehead atoms. The number of nitrogens with zero attached hydrogens (tertiary/aromatic N) is 2. The maximum Gasteiger partial charge on any atom is 0.294 e. The number of halogens is 1. The number of nitrogens with one attached hydrogen (secondary N) is 2. The van der Waals surface area contributed by atoms with E-state index in [2.05, 4.69) is 26.6 Å². The number of benzene rings is 2. The Bertz CT molecular complexity index is 1030. The molecule has 2 saturated heterocycles. The summed E-state index contributed by atoms with van der Waals surface area (Å²) in [6.45, 7) is 6.29. The average molecular weight is 533 g/mol. The van der Waals surface area contributed by atoms with Gasteiger partial charge < -0.3 is 25.0 Å². The number of rotatable bonds is 7. The van der Waals surface area contributed by atoms with Gasteiger partial charge in [0.1, 0.15) is 5.69 Å². The highest BCUT2D eigenvalue weighted by atomic mass is 79.9. The minimum atomic E-state index is -0.462. The molecule has 2 aliphatic heterocycles. The van der Waals surface area contributed by atoms with Gasteiger partial charge in [-0.3, -0.25) is 14.9 Å². The first-order chi connectivity index (χ1) is 16.3. The summed E-state index contributed by atoms with van der Waals surface area (Å²) in [6.07, 6.45) is -0.433. The maximum absolute atomic E-state index is 13.5. The van der Waals surface area contributed by atoms with Crippen LogP contribution in [0, 0.1) is 10.1 Å². The molecule has 0 spiro atoms. The summed E-state index contributed by atoms with van der Waals surface area (Å²) in [5, 5.41) is 18.5. The van der Waals surface area contributed by atoms with Gasteiger partial charge >= 0.3 is 0 Å². The lowest BCUT2D eigenvalue weighted by Crippen LogP contribution is -2.48. The Hall–Kier alpha value is -2.53. The third kappa shape index (κ3) is 5.75. The smallest absolute Gasteiger partial charge is 0.294 e. The van der Waals surface area contributed by atoms with Crippen LogP contribution in [0.4, 0.5) is 11.4 Å². The predicted octanol–water partition coefficient (Wildman–Crippen LogP) is 3.58. The fourth-order valence-corrected chi connectivity index (χ4v) is 4.95. The molecule has 4 atom stereocenters. The van der Waals surface area contributed by atoms with Crippen molar-refractivity contribution in [3.63, 3.8) is 0 Å². The SMILES string of the molecule is C[C@@H]1CN(C(=O)c2cc(Br)cc([N+](=O)[O-])c2N[C@H]2CNC[C@@H]2OCc2ccccc2)C[C@H](C)O1. The topological polar surface area (TPSA) is 106 Å². The molecule has 0 saturated carbocycles. The molecular formula is C24H29BrN4O5. The van der Waals surface area contributed by atoms with Crippen LogP contribution >= 0.6 is 15.9 Å². The van der Waals surface area contributed by atoms with Crippen molar-refractivity contribution in [3.05, 3.63) is 68.2 Å². The van der Waals surface area contributed by atoms with E-state index in [-0.39, 0.29) is 47.2 Å². The Morgan fingerprint density at radius 3 is 2.62 bits per heavy atom. The van der Waals surface area contributed by atoms with Gasteiger partial charge in [0.15, 0.2) is 0 Å². The van der Waals surface area contributed by atoms with Gasteiger partial charge in [0.2, 0.25) is 0 Å². The van der Waals surface area contributed by atoms with E-state index in [1.54, 1.807) is 11.0 Å². The molecule has 0 aromatic heterocycles. The number of carbonyl (C=O) groups is 1. The second-order valence-electron chi connectivity index (χ2n) is 8.82. The summed E-state index contributed by atoms with van der Waals surface area (Å²) < 4.78 is 12.4. The number of carbonyl (C=O) groups excluding carboxylic acids is 1. The van der Waals surface area contributed by atoms with E-state index in [0.717, 1.165) is 5.56 Å². The number of morpholine rings is 1. The molecule has 0 radical (unpaired) electrons. The highest BCUT2D eigenvalue weighted by Gasteiger charge is 2.34. The Morgan fingerprint density at radius 2 is 1.94 bits per heavy atom. The summed E-state index contributed by atoms with van der Waals surface area (Å²) in [6, 6.07) is 12.7. The predicted molar refractivity (Wildman–Crippen MR) is 132 cm³/mol. The zero-order chi connectivity index (χ0) is 24.2. The minimum absolute atomic E-state index is 0.110. The first-order valence-electron chi connectivity index (χ1n) is 11.4. The van der Waals surface area contributed by atoms with Gasteiger partial charge in [0.25, 0.3) is 11.6 Å². The minimum Gasteiger partial charge on any atom is -0.372 e. The number of amides is 1. The molecule has 4 rings (SSSR count). The Morgan fingerprint density at radius 1 is 1.24 bits per heavy atom. The van der Waals surface area contributed by atoms with Crippen molar-refractivity contribution < 1.29 is 19.2 Å². The van der Waals surface area contributed by atoms with Crippen molar-refractivity contribution in [2.45, 2.75) is 44.8 Å². The van der Waals surface area contributed by atoms with E-state index in [1.165, 1.54) is 6.07 Å². The van der Waals surface area contributed by atoms with Gasteiger partial charge in [0.05, 0.1) is 41.4 Å². The molecule has 2 N–H and O–H groups in total. The average Bonchev–Trinajstić information content (AvgIpc) is 3.25. The van der Waals surface area contributed by atoms with Crippen molar-refractivity contribution in [1.82, 2.24) is 10.2 Å². The lowest BCUT2D eigenvalue weighted by atomic mass is 10.1. The zero-order valence-electron chi connectivity index (χ0n) is 19.2. The number of ether oxygens (including phenoxy) is 2. The molecule has 2 aromatic rings. The molecule has 34 heavy (non-hydrogen) atoms. The van der Waals surface area contributed by atoms with Crippen LogP contribution in [0.1, 0.15) is 29.8 Å². The first-order valence-corrected chi connectivity index (χ1v) is 12.2. The third-order valence-electron chi connectivity index (χ3n) is 6.01.